The normalized spacial score (nSPS) is 16.9. The van der Waals surface area contributed by atoms with E-state index in [2.05, 4.69) is 0 Å². The Labute approximate surface area is 147 Å². The number of rotatable bonds is 4. The molecular formula is C19H14FNO5. The summed E-state index contributed by atoms with van der Waals surface area (Å²) in [6, 6.07) is 9.75. The lowest BCUT2D eigenvalue weighted by atomic mass is 9.96. The number of amides is 1. The number of halogens is 1. The van der Waals surface area contributed by atoms with E-state index in [1.807, 2.05) is 0 Å². The van der Waals surface area contributed by atoms with Crippen molar-refractivity contribution in [3.8, 4) is 0 Å². The van der Waals surface area contributed by atoms with Crippen LogP contribution in [0.1, 0.15) is 28.9 Å². The van der Waals surface area contributed by atoms with Crippen LogP contribution in [0, 0.1) is 5.82 Å². The van der Waals surface area contributed by atoms with Gasteiger partial charge in [0, 0.05) is 5.69 Å². The number of carboxylic acids is 1. The third kappa shape index (κ3) is 2.83. The Hall–Kier alpha value is -3.48. The Bertz CT molecular complexity index is 931. The number of aliphatic hydroxyl groups is 1. The number of ketones is 1. The highest BCUT2D eigenvalue weighted by Crippen LogP contribution is 2.40. The second kappa shape index (κ2) is 6.44. The maximum absolute atomic E-state index is 13.3. The van der Waals surface area contributed by atoms with Crippen LogP contribution in [0.25, 0.3) is 0 Å². The zero-order valence-corrected chi connectivity index (χ0v) is 13.6. The van der Waals surface area contributed by atoms with Gasteiger partial charge in [0.2, 0.25) is 0 Å². The van der Waals surface area contributed by atoms with Gasteiger partial charge in [0.1, 0.15) is 5.82 Å². The van der Waals surface area contributed by atoms with E-state index in [0.29, 0.717) is 11.3 Å². The summed E-state index contributed by atoms with van der Waals surface area (Å²) in [7, 11) is 0. The predicted octanol–water partition coefficient (Wildman–Crippen LogP) is 3.01. The molecule has 6 nitrogen and oxygen atoms in total. The molecule has 26 heavy (non-hydrogen) atoms. The van der Waals surface area contributed by atoms with E-state index >= 15 is 0 Å². The Morgan fingerprint density at radius 3 is 2.12 bits per heavy atom. The van der Waals surface area contributed by atoms with E-state index in [1.54, 1.807) is 0 Å². The largest absolute Gasteiger partial charge is 0.503 e. The topological polar surface area (TPSA) is 94.9 Å². The second-order valence-electron chi connectivity index (χ2n) is 5.80. The van der Waals surface area contributed by atoms with Crippen LogP contribution in [-0.4, -0.2) is 27.9 Å². The van der Waals surface area contributed by atoms with Crippen molar-refractivity contribution in [2.24, 2.45) is 0 Å². The first-order valence-electron chi connectivity index (χ1n) is 7.67. The van der Waals surface area contributed by atoms with Gasteiger partial charge in [-0.1, -0.05) is 12.1 Å². The number of carboxylic acid groups (broad SMARTS) is 1. The molecule has 0 radical (unpaired) electrons. The van der Waals surface area contributed by atoms with Crippen LogP contribution < -0.4 is 4.90 Å². The van der Waals surface area contributed by atoms with Crippen LogP contribution in [-0.2, 0) is 9.59 Å². The van der Waals surface area contributed by atoms with Gasteiger partial charge >= 0.3 is 5.97 Å². The van der Waals surface area contributed by atoms with Gasteiger partial charge in [0.25, 0.3) is 5.91 Å². The van der Waals surface area contributed by atoms with E-state index in [9.17, 15) is 23.9 Å². The quantitative estimate of drug-likeness (QED) is 0.879. The van der Waals surface area contributed by atoms with Crippen molar-refractivity contribution < 1.29 is 29.0 Å². The van der Waals surface area contributed by atoms with E-state index in [1.165, 1.54) is 60.4 Å². The molecule has 2 aromatic rings. The molecule has 0 spiro atoms. The van der Waals surface area contributed by atoms with Crippen molar-refractivity contribution in [3.63, 3.8) is 0 Å². The van der Waals surface area contributed by atoms with Gasteiger partial charge in [-0.3, -0.25) is 14.5 Å². The predicted molar refractivity (Wildman–Crippen MR) is 90.4 cm³/mol. The summed E-state index contributed by atoms with van der Waals surface area (Å²) < 4.78 is 13.3. The first kappa shape index (κ1) is 17.3. The number of hydrogen-bond acceptors (Lipinski definition) is 4. The minimum absolute atomic E-state index is 0.0303. The SMILES string of the molecule is CC(=O)C1=C(O)C(=O)N(c2ccc(C(=O)O)cc2)[C@@H]1c1ccc(F)cc1. The summed E-state index contributed by atoms with van der Waals surface area (Å²) in [5, 5.41) is 19.2. The van der Waals surface area contributed by atoms with Crippen LogP contribution >= 0.6 is 0 Å². The molecular weight excluding hydrogens is 341 g/mol. The van der Waals surface area contributed by atoms with Gasteiger partial charge in [-0.05, 0) is 48.9 Å². The number of carbonyl (C=O) groups excluding carboxylic acids is 2. The highest BCUT2D eigenvalue weighted by atomic mass is 19.1. The summed E-state index contributed by atoms with van der Waals surface area (Å²) in [4.78, 5) is 36.8. The number of Topliss-reactive ketones (excluding diaryl/α,β-unsaturated/α-hetero) is 1. The van der Waals surface area contributed by atoms with Crippen molar-refractivity contribution in [2.75, 3.05) is 4.90 Å². The zero-order chi connectivity index (χ0) is 19.0. The van der Waals surface area contributed by atoms with Gasteiger partial charge in [0.15, 0.2) is 11.5 Å². The maximum atomic E-state index is 13.3. The summed E-state index contributed by atoms with van der Waals surface area (Å²) in [5.74, 6) is -3.55. The Kier molecular flexibility index (Phi) is 4.29. The number of anilines is 1. The maximum Gasteiger partial charge on any atom is 0.335 e. The highest BCUT2D eigenvalue weighted by molar-refractivity contribution is 6.16. The molecule has 0 saturated carbocycles. The molecule has 3 rings (SSSR count). The van der Waals surface area contributed by atoms with Crippen LogP contribution in [0.4, 0.5) is 10.1 Å². The van der Waals surface area contributed by atoms with Crippen LogP contribution in [0.3, 0.4) is 0 Å². The molecule has 0 unspecified atom stereocenters. The van der Waals surface area contributed by atoms with Gasteiger partial charge in [-0.2, -0.15) is 0 Å². The van der Waals surface area contributed by atoms with E-state index in [4.69, 9.17) is 5.11 Å². The minimum atomic E-state index is -1.12. The lowest BCUT2D eigenvalue weighted by molar-refractivity contribution is -0.117. The number of nitrogens with zero attached hydrogens (tertiary/aromatic N) is 1. The molecule has 1 aliphatic heterocycles. The monoisotopic (exact) mass is 355 g/mol. The van der Waals surface area contributed by atoms with E-state index in [-0.39, 0.29) is 11.1 Å². The molecule has 1 aliphatic rings. The van der Waals surface area contributed by atoms with E-state index in [0.717, 1.165) is 0 Å². The number of benzene rings is 2. The zero-order valence-electron chi connectivity index (χ0n) is 13.6. The fourth-order valence-corrected chi connectivity index (χ4v) is 2.96. The average Bonchev–Trinajstić information content (AvgIpc) is 2.87. The smallest absolute Gasteiger partial charge is 0.335 e. The highest BCUT2D eigenvalue weighted by Gasteiger charge is 2.43. The minimum Gasteiger partial charge on any atom is -0.503 e. The Morgan fingerprint density at radius 2 is 1.62 bits per heavy atom. The lowest BCUT2D eigenvalue weighted by Gasteiger charge is -2.26. The van der Waals surface area contributed by atoms with Crippen LogP contribution in [0.5, 0.6) is 0 Å². The Morgan fingerprint density at radius 1 is 1.04 bits per heavy atom. The van der Waals surface area contributed by atoms with Gasteiger partial charge in [-0.25, -0.2) is 9.18 Å². The van der Waals surface area contributed by atoms with Crippen LogP contribution in [0.2, 0.25) is 0 Å². The molecule has 0 aliphatic carbocycles. The third-order valence-corrected chi connectivity index (χ3v) is 4.17. The van der Waals surface area contributed by atoms with Crippen molar-refractivity contribution >= 4 is 23.3 Å². The molecule has 0 aromatic heterocycles. The molecule has 0 bridgehead atoms. The second-order valence-corrected chi connectivity index (χ2v) is 5.80. The number of aromatic carboxylic acids is 1. The standard InChI is InChI=1S/C19H14FNO5/c1-10(22)15-16(11-2-6-13(20)7-3-11)21(18(24)17(15)23)14-8-4-12(5-9-14)19(25)26/h2-9,16,23H,1H3,(H,25,26)/t16-/m1/s1. The molecule has 2 aromatic carbocycles. The Balaban J connectivity index is 2.13. The molecule has 1 atom stereocenters. The third-order valence-electron chi connectivity index (χ3n) is 4.17. The number of aliphatic hydroxyl groups excluding tert-OH is 1. The summed E-state index contributed by atoms with van der Waals surface area (Å²) >= 11 is 0. The average molecular weight is 355 g/mol. The molecule has 132 valence electrons. The van der Waals surface area contributed by atoms with Gasteiger partial charge < -0.3 is 10.2 Å². The van der Waals surface area contributed by atoms with E-state index < -0.39 is 35.3 Å². The van der Waals surface area contributed by atoms with Crippen molar-refractivity contribution in [1.82, 2.24) is 0 Å². The fourth-order valence-electron chi connectivity index (χ4n) is 2.96. The summed E-state index contributed by atoms with van der Waals surface area (Å²) in [5.41, 5.74) is 0.681. The molecule has 0 fully saturated rings. The molecule has 1 amide bonds. The summed E-state index contributed by atoms with van der Waals surface area (Å²) in [6.07, 6.45) is 0. The fraction of sp³-hybridized carbons (Fsp3) is 0.105. The summed E-state index contributed by atoms with van der Waals surface area (Å²) in [6.45, 7) is 1.23. The number of hydrogen-bond donors (Lipinski definition) is 2. The first-order valence-corrected chi connectivity index (χ1v) is 7.67. The van der Waals surface area contributed by atoms with Crippen molar-refractivity contribution in [3.05, 3.63) is 76.8 Å². The lowest BCUT2D eigenvalue weighted by Crippen LogP contribution is -2.30. The molecule has 7 heteroatoms. The molecule has 0 saturated heterocycles. The molecule has 2 N–H and O–H groups in total. The first-order chi connectivity index (χ1) is 12.3. The van der Waals surface area contributed by atoms with Gasteiger partial charge in [0.05, 0.1) is 17.2 Å². The van der Waals surface area contributed by atoms with Gasteiger partial charge in [-0.15, -0.1) is 0 Å². The van der Waals surface area contributed by atoms with Crippen molar-refractivity contribution in [2.45, 2.75) is 13.0 Å². The number of carbonyl (C=O) groups is 3. The molecule has 1 heterocycles. The van der Waals surface area contributed by atoms with Crippen LogP contribution in [0.15, 0.2) is 59.9 Å². The van der Waals surface area contributed by atoms with Crippen molar-refractivity contribution in [1.29, 1.82) is 0 Å².